The van der Waals surface area contributed by atoms with Gasteiger partial charge in [0.2, 0.25) is 0 Å². The zero-order valence-electron chi connectivity index (χ0n) is 11.1. The summed E-state index contributed by atoms with van der Waals surface area (Å²) in [5, 5.41) is 0. The minimum Gasteiger partial charge on any atom is -0.486 e. The first kappa shape index (κ1) is 12.9. The lowest BCUT2D eigenvalue weighted by Gasteiger charge is -2.43. The largest absolute Gasteiger partial charge is 0.486 e. The molecule has 106 valence electrons. The number of urea groups is 1. The maximum Gasteiger partial charge on any atom is 0.331 e. The number of ketones is 1. The van der Waals surface area contributed by atoms with Gasteiger partial charge in [0, 0.05) is 25.9 Å². The molecule has 2 heterocycles. The summed E-state index contributed by atoms with van der Waals surface area (Å²) in [7, 11) is 0. The summed E-state index contributed by atoms with van der Waals surface area (Å²) in [6.45, 7) is 1.08. The number of Topliss-reactive ketones (excluding diaryl/α,β-unsaturated/α-hetero) is 1. The molecule has 1 fully saturated rings. The van der Waals surface area contributed by atoms with E-state index in [1.165, 1.54) is 0 Å². The number of benzene rings is 1. The van der Waals surface area contributed by atoms with Crippen molar-refractivity contribution in [3.05, 3.63) is 29.8 Å². The fourth-order valence-electron chi connectivity index (χ4n) is 2.93. The third-order valence-electron chi connectivity index (χ3n) is 4.08. The maximum absolute atomic E-state index is 12.2. The molecule has 6 nitrogen and oxygen atoms in total. The molecule has 20 heavy (non-hydrogen) atoms. The zero-order valence-corrected chi connectivity index (χ0v) is 11.1. The molecule has 3 rings (SSSR count). The Labute approximate surface area is 116 Å². The number of carbonyl (C=O) groups excluding carboxylic acids is 2. The third kappa shape index (κ3) is 2.12. The van der Waals surface area contributed by atoms with Crippen LogP contribution in [0.2, 0.25) is 0 Å². The van der Waals surface area contributed by atoms with Crippen LogP contribution in [0.5, 0.6) is 5.75 Å². The highest BCUT2D eigenvalue weighted by atomic mass is 16.5. The number of nitrogens with zero attached hydrogens (tertiary/aromatic N) is 1. The quantitative estimate of drug-likeness (QED) is 0.421. The van der Waals surface area contributed by atoms with Crippen LogP contribution in [0.1, 0.15) is 29.6 Å². The Kier molecular flexibility index (Phi) is 3.10. The number of hydrogen-bond donors (Lipinski definition) is 2. The molecule has 1 aromatic carbocycles. The predicted molar refractivity (Wildman–Crippen MR) is 72.3 cm³/mol. The number of carbonyl (C=O) groups is 2. The highest BCUT2D eigenvalue weighted by molar-refractivity contribution is 6.00. The van der Waals surface area contributed by atoms with Crippen LogP contribution in [-0.4, -0.2) is 35.4 Å². The third-order valence-corrected chi connectivity index (χ3v) is 4.08. The van der Waals surface area contributed by atoms with Crippen molar-refractivity contribution in [3.63, 3.8) is 0 Å². The second-order valence-electron chi connectivity index (χ2n) is 5.32. The number of nitrogens with two attached hydrogens (primary N) is 1. The van der Waals surface area contributed by atoms with Crippen LogP contribution in [0.15, 0.2) is 24.3 Å². The topological polar surface area (TPSA) is 84.7 Å². The average molecular weight is 275 g/mol. The van der Waals surface area contributed by atoms with Gasteiger partial charge in [0.05, 0.1) is 12.0 Å². The SMILES string of the molecule is NNC(=O)N1CCC2(CC1)CC(=O)c1ccccc1O2. The number of hydrogen-bond acceptors (Lipinski definition) is 4. The highest BCUT2D eigenvalue weighted by Crippen LogP contribution is 2.39. The molecule has 2 amide bonds. The number of nitrogens with one attached hydrogen (secondary N) is 1. The number of hydrazine groups is 1. The molecule has 0 atom stereocenters. The highest BCUT2D eigenvalue weighted by Gasteiger charge is 2.43. The summed E-state index contributed by atoms with van der Waals surface area (Å²) in [5.74, 6) is 5.90. The maximum atomic E-state index is 12.2. The Morgan fingerprint density at radius 3 is 2.70 bits per heavy atom. The van der Waals surface area contributed by atoms with Crippen molar-refractivity contribution < 1.29 is 14.3 Å². The summed E-state index contributed by atoms with van der Waals surface area (Å²) in [6.07, 6.45) is 1.66. The smallest absolute Gasteiger partial charge is 0.331 e. The van der Waals surface area contributed by atoms with Crippen molar-refractivity contribution in [1.82, 2.24) is 10.3 Å². The first-order chi connectivity index (χ1) is 9.63. The van der Waals surface area contributed by atoms with E-state index in [1.54, 1.807) is 11.0 Å². The van der Waals surface area contributed by atoms with Crippen molar-refractivity contribution in [3.8, 4) is 5.75 Å². The van der Waals surface area contributed by atoms with Gasteiger partial charge in [-0.1, -0.05) is 12.1 Å². The second kappa shape index (κ2) is 4.79. The van der Waals surface area contributed by atoms with Gasteiger partial charge < -0.3 is 9.64 Å². The van der Waals surface area contributed by atoms with Gasteiger partial charge in [-0.05, 0) is 12.1 Å². The molecule has 0 aliphatic carbocycles. The van der Waals surface area contributed by atoms with Crippen molar-refractivity contribution in [2.24, 2.45) is 5.84 Å². The van der Waals surface area contributed by atoms with E-state index >= 15 is 0 Å². The van der Waals surface area contributed by atoms with E-state index in [9.17, 15) is 9.59 Å². The zero-order chi connectivity index (χ0) is 14.2. The number of ether oxygens (including phenoxy) is 1. The van der Waals surface area contributed by atoms with E-state index in [2.05, 4.69) is 5.43 Å². The molecular weight excluding hydrogens is 258 g/mol. The molecule has 0 aromatic heterocycles. The van der Waals surface area contributed by atoms with E-state index in [-0.39, 0.29) is 11.8 Å². The number of para-hydroxylation sites is 1. The molecule has 1 spiro atoms. The molecule has 0 saturated carbocycles. The lowest BCUT2D eigenvalue weighted by Crippen LogP contribution is -2.54. The number of rotatable bonds is 0. The van der Waals surface area contributed by atoms with E-state index in [0.717, 1.165) is 0 Å². The number of piperidine rings is 1. The van der Waals surface area contributed by atoms with Crippen molar-refractivity contribution in [1.29, 1.82) is 0 Å². The Hall–Kier alpha value is -2.08. The summed E-state index contributed by atoms with van der Waals surface area (Å²) in [6, 6.07) is 7.03. The molecule has 0 bridgehead atoms. The summed E-state index contributed by atoms with van der Waals surface area (Å²) in [4.78, 5) is 25.4. The van der Waals surface area contributed by atoms with Crippen molar-refractivity contribution in [2.45, 2.75) is 24.9 Å². The molecule has 1 saturated heterocycles. The van der Waals surface area contributed by atoms with Crippen LogP contribution in [0, 0.1) is 0 Å². The summed E-state index contributed by atoms with van der Waals surface area (Å²) in [5.41, 5.74) is 2.31. The van der Waals surface area contributed by atoms with Crippen LogP contribution < -0.4 is 16.0 Å². The normalized spacial score (nSPS) is 20.2. The van der Waals surface area contributed by atoms with Crippen LogP contribution in [-0.2, 0) is 0 Å². The van der Waals surface area contributed by atoms with Crippen LogP contribution in [0.25, 0.3) is 0 Å². The Balaban J connectivity index is 1.77. The van der Waals surface area contributed by atoms with Gasteiger partial charge in [0.25, 0.3) is 0 Å². The molecule has 2 aliphatic heterocycles. The monoisotopic (exact) mass is 275 g/mol. The molecule has 0 unspecified atom stereocenters. The first-order valence-corrected chi connectivity index (χ1v) is 6.70. The molecule has 0 radical (unpaired) electrons. The first-order valence-electron chi connectivity index (χ1n) is 6.70. The average Bonchev–Trinajstić information content (AvgIpc) is 2.47. The van der Waals surface area contributed by atoms with Gasteiger partial charge in [0.15, 0.2) is 5.78 Å². The van der Waals surface area contributed by atoms with E-state index in [4.69, 9.17) is 10.6 Å². The van der Waals surface area contributed by atoms with Gasteiger partial charge in [-0.15, -0.1) is 0 Å². The van der Waals surface area contributed by atoms with E-state index < -0.39 is 5.60 Å². The van der Waals surface area contributed by atoms with Crippen LogP contribution in [0.3, 0.4) is 0 Å². The van der Waals surface area contributed by atoms with Crippen LogP contribution in [0.4, 0.5) is 4.79 Å². The Morgan fingerprint density at radius 2 is 2.00 bits per heavy atom. The van der Waals surface area contributed by atoms with Crippen molar-refractivity contribution in [2.75, 3.05) is 13.1 Å². The number of likely N-dealkylation sites (tertiary alicyclic amines) is 1. The van der Waals surface area contributed by atoms with Gasteiger partial charge >= 0.3 is 6.03 Å². The molecule has 1 aromatic rings. The summed E-state index contributed by atoms with van der Waals surface area (Å²) >= 11 is 0. The minimum absolute atomic E-state index is 0.114. The van der Waals surface area contributed by atoms with Gasteiger partial charge in [-0.2, -0.15) is 0 Å². The Morgan fingerprint density at radius 1 is 1.30 bits per heavy atom. The minimum atomic E-state index is -0.475. The Bertz CT molecular complexity index is 550. The van der Waals surface area contributed by atoms with E-state index in [0.29, 0.717) is 43.7 Å². The lowest BCUT2D eigenvalue weighted by molar-refractivity contribution is -0.000665. The van der Waals surface area contributed by atoms with E-state index in [1.807, 2.05) is 18.2 Å². The fourth-order valence-corrected chi connectivity index (χ4v) is 2.93. The molecular formula is C14H17N3O3. The van der Waals surface area contributed by atoms with Gasteiger partial charge in [-0.3, -0.25) is 10.2 Å². The second-order valence-corrected chi connectivity index (χ2v) is 5.32. The van der Waals surface area contributed by atoms with Gasteiger partial charge in [-0.25, -0.2) is 10.6 Å². The van der Waals surface area contributed by atoms with Crippen LogP contribution >= 0.6 is 0 Å². The fraction of sp³-hybridized carbons (Fsp3) is 0.429. The number of fused-ring (bicyclic) bond motifs is 1. The molecule has 6 heteroatoms. The van der Waals surface area contributed by atoms with Gasteiger partial charge in [0.1, 0.15) is 11.4 Å². The molecule has 3 N–H and O–H groups in total. The number of amides is 2. The van der Waals surface area contributed by atoms with Crippen molar-refractivity contribution >= 4 is 11.8 Å². The standard InChI is InChI=1S/C14H17N3O3/c15-16-13(19)17-7-5-14(6-8-17)9-11(18)10-3-1-2-4-12(10)20-14/h1-4H,5-9,15H2,(H,16,19). The molecule has 2 aliphatic rings. The summed E-state index contributed by atoms with van der Waals surface area (Å²) < 4.78 is 6.08. The predicted octanol–water partition coefficient (Wildman–Crippen LogP) is 1.07. The lowest BCUT2D eigenvalue weighted by atomic mass is 9.82.